The van der Waals surface area contributed by atoms with E-state index in [0.29, 0.717) is 12.1 Å². The Morgan fingerprint density at radius 1 is 0.895 bits per heavy atom. The van der Waals surface area contributed by atoms with E-state index in [1.165, 1.54) is 28.7 Å². The van der Waals surface area contributed by atoms with E-state index in [9.17, 15) is 0 Å². The molecule has 2 aromatic carbocycles. The van der Waals surface area contributed by atoms with E-state index >= 15 is 0 Å². The minimum atomic E-state index is 0.385. The minimum absolute atomic E-state index is 0.385. The zero-order valence-electron chi connectivity index (χ0n) is 11.3. The summed E-state index contributed by atoms with van der Waals surface area (Å²) < 4.78 is 0. The van der Waals surface area contributed by atoms with Gasteiger partial charge in [0.25, 0.3) is 0 Å². The van der Waals surface area contributed by atoms with E-state index in [2.05, 4.69) is 60.8 Å². The molecule has 1 N–H and O–H groups in total. The predicted octanol–water partition coefficient (Wildman–Crippen LogP) is 3.68. The summed E-state index contributed by atoms with van der Waals surface area (Å²) in [6.45, 7) is 2.33. The molecule has 2 atom stereocenters. The van der Waals surface area contributed by atoms with Crippen molar-refractivity contribution in [2.24, 2.45) is 5.92 Å². The van der Waals surface area contributed by atoms with Crippen LogP contribution in [0.25, 0.3) is 0 Å². The van der Waals surface area contributed by atoms with Gasteiger partial charge in [-0.25, -0.2) is 0 Å². The predicted molar refractivity (Wildman–Crippen MR) is 78.2 cm³/mol. The molecule has 1 nitrogen and oxygen atoms in total. The summed E-state index contributed by atoms with van der Waals surface area (Å²) in [4.78, 5) is 0. The highest BCUT2D eigenvalue weighted by Crippen LogP contribution is 2.39. The zero-order valence-corrected chi connectivity index (χ0v) is 11.3. The molecule has 0 spiro atoms. The highest BCUT2D eigenvalue weighted by molar-refractivity contribution is 5.48. The van der Waals surface area contributed by atoms with Crippen LogP contribution in [0, 0.1) is 5.92 Å². The van der Waals surface area contributed by atoms with Gasteiger partial charge in [-0.15, -0.1) is 0 Å². The van der Waals surface area contributed by atoms with E-state index < -0.39 is 0 Å². The normalized spacial score (nSPS) is 24.7. The van der Waals surface area contributed by atoms with Crippen LogP contribution < -0.4 is 5.32 Å². The molecule has 0 aromatic heterocycles. The fourth-order valence-electron chi connectivity index (χ4n) is 3.27. The second kappa shape index (κ2) is 4.21. The van der Waals surface area contributed by atoms with Gasteiger partial charge in [-0.3, -0.25) is 0 Å². The molecule has 2 aromatic rings. The summed E-state index contributed by atoms with van der Waals surface area (Å²) in [5, 5.41) is 3.85. The SMILES string of the molecule is CC1CC1NC1c2ccccc2Cc2ccccc21. The Labute approximate surface area is 114 Å². The Morgan fingerprint density at radius 2 is 1.42 bits per heavy atom. The fraction of sp³-hybridized carbons (Fsp3) is 0.333. The zero-order chi connectivity index (χ0) is 12.8. The molecule has 2 aliphatic rings. The van der Waals surface area contributed by atoms with Crippen LogP contribution >= 0.6 is 0 Å². The van der Waals surface area contributed by atoms with Gasteiger partial charge in [0.1, 0.15) is 0 Å². The van der Waals surface area contributed by atoms with E-state index in [4.69, 9.17) is 0 Å². The molecule has 1 heteroatoms. The summed E-state index contributed by atoms with van der Waals surface area (Å²) in [6.07, 6.45) is 2.39. The van der Waals surface area contributed by atoms with Gasteiger partial charge in [0.2, 0.25) is 0 Å². The second-order valence-electron chi connectivity index (χ2n) is 5.99. The smallest absolute Gasteiger partial charge is 0.0584 e. The molecule has 0 heterocycles. The van der Waals surface area contributed by atoms with Crippen molar-refractivity contribution >= 4 is 0 Å². The lowest BCUT2D eigenvalue weighted by atomic mass is 9.82. The van der Waals surface area contributed by atoms with Gasteiger partial charge in [-0.2, -0.15) is 0 Å². The van der Waals surface area contributed by atoms with Crippen molar-refractivity contribution in [1.82, 2.24) is 5.32 Å². The summed E-state index contributed by atoms with van der Waals surface area (Å²) in [6, 6.07) is 18.8. The number of hydrogen-bond acceptors (Lipinski definition) is 1. The molecule has 1 fully saturated rings. The lowest BCUT2D eigenvalue weighted by Gasteiger charge is -2.29. The molecule has 0 saturated heterocycles. The van der Waals surface area contributed by atoms with E-state index in [-0.39, 0.29) is 0 Å². The van der Waals surface area contributed by atoms with Gasteiger partial charge >= 0.3 is 0 Å². The average molecular weight is 249 g/mol. The van der Waals surface area contributed by atoms with Crippen LogP contribution in [0.1, 0.15) is 41.6 Å². The van der Waals surface area contributed by atoms with Crippen molar-refractivity contribution < 1.29 is 0 Å². The first-order valence-corrected chi connectivity index (χ1v) is 7.24. The van der Waals surface area contributed by atoms with Gasteiger partial charge in [0.15, 0.2) is 0 Å². The van der Waals surface area contributed by atoms with Crippen LogP contribution in [0.3, 0.4) is 0 Å². The van der Waals surface area contributed by atoms with Gasteiger partial charge in [0, 0.05) is 6.04 Å². The van der Waals surface area contributed by atoms with Crippen LogP contribution in [-0.2, 0) is 6.42 Å². The Kier molecular flexibility index (Phi) is 2.49. The van der Waals surface area contributed by atoms with Crippen molar-refractivity contribution in [3.8, 4) is 0 Å². The van der Waals surface area contributed by atoms with Crippen molar-refractivity contribution in [3.05, 3.63) is 70.8 Å². The van der Waals surface area contributed by atoms with Crippen LogP contribution in [0.15, 0.2) is 48.5 Å². The second-order valence-corrected chi connectivity index (χ2v) is 5.99. The standard InChI is InChI=1S/C18H19N/c1-12-10-17(12)19-18-15-8-4-2-6-13(15)11-14-7-3-5-9-16(14)18/h2-9,12,17-19H,10-11H2,1H3. The summed E-state index contributed by atoms with van der Waals surface area (Å²) in [7, 11) is 0. The van der Waals surface area contributed by atoms with Crippen LogP contribution in [0.4, 0.5) is 0 Å². The third kappa shape index (κ3) is 1.89. The number of benzene rings is 2. The number of rotatable bonds is 2. The number of fused-ring (bicyclic) bond motifs is 2. The minimum Gasteiger partial charge on any atom is -0.303 e. The topological polar surface area (TPSA) is 12.0 Å². The van der Waals surface area contributed by atoms with E-state index in [0.717, 1.165) is 12.3 Å². The Hall–Kier alpha value is -1.60. The molecular weight excluding hydrogens is 230 g/mol. The lowest BCUT2D eigenvalue weighted by molar-refractivity contribution is 0.565. The molecule has 0 bridgehead atoms. The van der Waals surface area contributed by atoms with Gasteiger partial charge in [-0.1, -0.05) is 55.5 Å². The Bertz CT molecular complexity index is 571. The average Bonchev–Trinajstić information content (AvgIpc) is 3.14. The Balaban J connectivity index is 1.79. The van der Waals surface area contributed by atoms with Crippen molar-refractivity contribution in [3.63, 3.8) is 0 Å². The third-order valence-corrected chi connectivity index (χ3v) is 4.60. The molecule has 96 valence electrons. The van der Waals surface area contributed by atoms with Gasteiger partial charge in [0.05, 0.1) is 6.04 Å². The highest BCUT2D eigenvalue weighted by Gasteiger charge is 2.36. The molecular formula is C18H19N. The summed E-state index contributed by atoms with van der Waals surface area (Å²) in [5.41, 5.74) is 5.90. The first-order valence-electron chi connectivity index (χ1n) is 7.24. The fourth-order valence-corrected chi connectivity index (χ4v) is 3.27. The van der Waals surface area contributed by atoms with Crippen LogP contribution in [0.5, 0.6) is 0 Å². The maximum Gasteiger partial charge on any atom is 0.0584 e. The summed E-state index contributed by atoms with van der Waals surface area (Å²) >= 11 is 0. The number of nitrogens with one attached hydrogen (secondary N) is 1. The first kappa shape index (κ1) is 11.2. The monoisotopic (exact) mass is 249 g/mol. The Morgan fingerprint density at radius 3 is 1.95 bits per heavy atom. The molecule has 0 radical (unpaired) electrons. The molecule has 2 unspecified atom stereocenters. The number of hydrogen-bond donors (Lipinski definition) is 1. The van der Waals surface area contributed by atoms with Crippen LogP contribution in [0.2, 0.25) is 0 Å². The molecule has 0 aliphatic heterocycles. The van der Waals surface area contributed by atoms with Crippen molar-refractivity contribution in [2.45, 2.75) is 31.8 Å². The van der Waals surface area contributed by atoms with Crippen molar-refractivity contribution in [2.75, 3.05) is 0 Å². The van der Waals surface area contributed by atoms with Crippen molar-refractivity contribution in [1.29, 1.82) is 0 Å². The maximum absolute atomic E-state index is 3.85. The van der Waals surface area contributed by atoms with E-state index in [1.807, 2.05) is 0 Å². The van der Waals surface area contributed by atoms with E-state index in [1.54, 1.807) is 0 Å². The highest BCUT2D eigenvalue weighted by atomic mass is 15.0. The first-order chi connectivity index (χ1) is 9.33. The molecule has 4 rings (SSSR count). The molecule has 1 saturated carbocycles. The lowest BCUT2D eigenvalue weighted by Crippen LogP contribution is -2.29. The summed E-state index contributed by atoms with van der Waals surface area (Å²) in [5.74, 6) is 0.834. The molecule has 2 aliphatic carbocycles. The largest absolute Gasteiger partial charge is 0.303 e. The van der Waals surface area contributed by atoms with Gasteiger partial charge < -0.3 is 5.32 Å². The third-order valence-electron chi connectivity index (χ3n) is 4.60. The molecule has 0 amide bonds. The van der Waals surface area contributed by atoms with Gasteiger partial charge in [-0.05, 0) is 41.0 Å². The maximum atomic E-state index is 3.85. The quantitative estimate of drug-likeness (QED) is 0.856. The van der Waals surface area contributed by atoms with Crippen LogP contribution in [-0.4, -0.2) is 6.04 Å². The molecule has 19 heavy (non-hydrogen) atoms.